The summed E-state index contributed by atoms with van der Waals surface area (Å²) in [6.45, 7) is 21.2. The zero-order valence-corrected chi connectivity index (χ0v) is 19.4. The first-order valence-electron chi connectivity index (χ1n) is 9.90. The molecule has 0 heterocycles. The van der Waals surface area contributed by atoms with E-state index in [1.807, 2.05) is 20.8 Å². The first-order chi connectivity index (χ1) is 11.5. The largest absolute Gasteiger partial charge is 0.459 e. The number of fused-ring (bicyclic) bond motifs is 1. The summed E-state index contributed by atoms with van der Waals surface area (Å²) < 4.78 is 12.4. The van der Waals surface area contributed by atoms with Gasteiger partial charge in [0.15, 0.2) is 8.32 Å². The van der Waals surface area contributed by atoms with Gasteiger partial charge in [0.1, 0.15) is 17.3 Å². The fraction of sp³-hybridized carbons (Fsp3) is 0.905. The van der Waals surface area contributed by atoms with Gasteiger partial charge in [-0.2, -0.15) is 0 Å². The van der Waals surface area contributed by atoms with E-state index in [0.29, 0.717) is 6.42 Å². The van der Waals surface area contributed by atoms with Crippen molar-refractivity contribution < 1.29 is 18.8 Å². The van der Waals surface area contributed by atoms with Crippen molar-refractivity contribution in [1.29, 1.82) is 0 Å². The van der Waals surface area contributed by atoms with Crippen LogP contribution in [0.1, 0.15) is 68.2 Å². The zero-order chi connectivity index (χ0) is 20.3. The quantitative estimate of drug-likeness (QED) is 0.393. The molecule has 150 valence electrons. The number of rotatable bonds is 3. The Bertz CT molecular complexity index is 580. The van der Waals surface area contributed by atoms with Gasteiger partial charge in [-0.25, -0.2) is 0 Å². The number of Topliss-reactive ketones (excluding diaryl/α,β-unsaturated/α-hetero) is 1. The second-order valence-corrected chi connectivity index (χ2v) is 16.3. The molecule has 0 aromatic heterocycles. The summed E-state index contributed by atoms with van der Waals surface area (Å²) in [5.41, 5.74) is -0.620. The van der Waals surface area contributed by atoms with Gasteiger partial charge in [0.2, 0.25) is 0 Å². The number of ether oxygens (including phenoxy) is 1. The summed E-state index contributed by atoms with van der Waals surface area (Å²) >= 11 is 0. The Labute approximate surface area is 160 Å². The Kier molecular flexibility index (Phi) is 5.35. The molecule has 0 bridgehead atoms. The fourth-order valence-corrected chi connectivity index (χ4v) is 5.80. The van der Waals surface area contributed by atoms with Crippen LogP contribution < -0.4 is 0 Å². The van der Waals surface area contributed by atoms with E-state index in [9.17, 15) is 9.59 Å². The summed E-state index contributed by atoms with van der Waals surface area (Å²) in [4.78, 5) is 25.5. The van der Waals surface area contributed by atoms with Crippen LogP contribution in [-0.4, -0.2) is 31.8 Å². The summed E-state index contributed by atoms with van der Waals surface area (Å²) in [6.07, 6.45) is 1.34. The maximum atomic E-state index is 12.8. The third kappa shape index (κ3) is 4.09. The Balaban J connectivity index is 2.35. The average Bonchev–Trinajstić information content (AvgIpc) is 2.78. The molecule has 5 heteroatoms. The second kappa shape index (κ2) is 6.44. The minimum absolute atomic E-state index is 0.0357. The first kappa shape index (κ1) is 21.6. The van der Waals surface area contributed by atoms with Crippen molar-refractivity contribution in [2.75, 3.05) is 0 Å². The Morgan fingerprint density at radius 3 is 2.12 bits per heavy atom. The molecule has 0 aromatic rings. The highest BCUT2D eigenvalue weighted by Gasteiger charge is 2.61. The number of hydrogen-bond donors (Lipinski definition) is 0. The van der Waals surface area contributed by atoms with Gasteiger partial charge in [0, 0.05) is 12.3 Å². The van der Waals surface area contributed by atoms with Crippen LogP contribution >= 0.6 is 0 Å². The maximum absolute atomic E-state index is 12.8. The average molecular weight is 383 g/mol. The van der Waals surface area contributed by atoms with Gasteiger partial charge in [-0.3, -0.25) is 9.59 Å². The molecular weight excluding hydrogens is 344 g/mol. The van der Waals surface area contributed by atoms with Crippen molar-refractivity contribution in [2.24, 2.45) is 23.2 Å². The molecule has 2 saturated carbocycles. The Morgan fingerprint density at radius 1 is 1.12 bits per heavy atom. The van der Waals surface area contributed by atoms with Gasteiger partial charge in [-0.1, -0.05) is 34.6 Å². The number of hydrogen-bond acceptors (Lipinski definition) is 4. The predicted octanol–water partition coefficient (Wildman–Crippen LogP) is 4.97. The molecule has 0 spiro atoms. The van der Waals surface area contributed by atoms with Crippen molar-refractivity contribution in [2.45, 2.75) is 98.1 Å². The smallest absolute Gasteiger partial charge is 0.317 e. The van der Waals surface area contributed by atoms with E-state index in [4.69, 9.17) is 9.16 Å². The summed E-state index contributed by atoms with van der Waals surface area (Å²) in [7, 11) is -2.02. The van der Waals surface area contributed by atoms with Crippen molar-refractivity contribution in [3.8, 4) is 0 Å². The monoisotopic (exact) mass is 382 g/mol. The molecule has 0 aliphatic heterocycles. The molecule has 0 amide bonds. The maximum Gasteiger partial charge on any atom is 0.317 e. The lowest BCUT2D eigenvalue weighted by Gasteiger charge is -2.44. The normalized spacial score (nSPS) is 31.8. The van der Waals surface area contributed by atoms with Crippen LogP contribution in [0, 0.1) is 23.2 Å². The summed E-state index contributed by atoms with van der Waals surface area (Å²) in [6, 6.07) is 0. The van der Waals surface area contributed by atoms with Crippen LogP contribution in [0.5, 0.6) is 0 Å². The van der Waals surface area contributed by atoms with Crippen molar-refractivity contribution in [1.82, 2.24) is 0 Å². The number of carbonyl (C=O) groups is 2. The lowest BCUT2D eigenvalue weighted by atomic mass is 9.82. The van der Waals surface area contributed by atoms with Gasteiger partial charge in [0.25, 0.3) is 0 Å². The molecule has 26 heavy (non-hydrogen) atoms. The minimum atomic E-state index is -2.02. The lowest BCUT2D eigenvalue weighted by molar-refractivity contribution is -0.164. The molecule has 2 aliphatic carbocycles. The SMILES string of the molecule is CC(C)(C)OC(=O)C1C(=O)C[C@@H]2CC(C)(C)[C@@H](O[Si](C)(C)C(C)(C)C)[C@H]12. The van der Waals surface area contributed by atoms with Crippen molar-refractivity contribution >= 4 is 20.1 Å². The molecule has 2 aliphatic rings. The van der Waals surface area contributed by atoms with E-state index in [2.05, 4.69) is 47.7 Å². The zero-order valence-electron chi connectivity index (χ0n) is 18.4. The van der Waals surface area contributed by atoms with Gasteiger partial charge in [0.05, 0.1) is 6.10 Å². The highest BCUT2D eigenvalue weighted by atomic mass is 28.4. The fourth-order valence-electron chi connectivity index (χ4n) is 4.34. The van der Waals surface area contributed by atoms with Crippen LogP contribution in [0.15, 0.2) is 0 Å². The van der Waals surface area contributed by atoms with Crippen LogP contribution in [0.2, 0.25) is 18.1 Å². The topological polar surface area (TPSA) is 52.6 Å². The van der Waals surface area contributed by atoms with E-state index >= 15 is 0 Å². The Hall–Kier alpha value is -0.683. The van der Waals surface area contributed by atoms with E-state index in [1.165, 1.54) is 0 Å². The standard InChI is InChI=1S/C21H38O4Si/c1-19(2,3)24-18(23)16-14(22)11-13-12-21(7,8)17(15(13)16)25-26(9,10)20(4,5)6/h13,15-17H,11-12H2,1-10H3/t13-,15+,16?,17+/m1/s1. The van der Waals surface area contributed by atoms with E-state index in [0.717, 1.165) is 6.42 Å². The first-order valence-corrected chi connectivity index (χ1v) is 12.8. The van der Waals surface area contributed by atoms with E-state index < -0.39 is 19.8 Å². The van der Waals surface area contributed by atoms with Crippen LogP contribution in [0.4, 0.5) is 0 Å². The van der Waals surface area contributed by atoms with Gasteiger partial charge >= 0.3 is 5.97 Å². The van der Waals surface area contributed by atoms with Crippen LogP contribution in [0.3, 0.4) is 0 Å². The molecule has 1 unspecified atom stereocenters. The highest BCUT2D eigenvalue weighted by molar-refractivity contribution is 6.74. The predicted molar refractivity (Wildman–Crippen MR) is 106 cm³/mol. The van der Waals surface area contributed by atoms with Crippen LogP contribution in [0.25, 0.3) is 0 Å². The number of ketones is 1. The van der Waals surface area contributed by atoms with Crippen molar-refractivity contribution in [3.63, 3.8) is 0 Å². The molecule has 0 N–H and O–H groups in total. The molecular formula is C21H38O4Si. The van der Waals surface area contributed by atoms with Gasteiger partial charge in [-0.05, 0) is 56.7 Å². The number of carbonyl (C=O) groups excluding carboxylic acids is 2. The molecule has 4 atom stereocenters. The van der Waals surface area contributed by atoms with Gasteiger partial charge < -0.3 is 9.16 Å². The van der Waals surface area contributed by atoms with E-state index in [1.54, 1.807) is 0 Å². The van der Waals surface area contributed by atoms with Crippen molar-refractivity contribution in [3.05, 3.63) is 0 Å². The highest BCUT2D eigenvalue weighted by Crippen LogP contribution is 2.57. The summed E-state index contributed by atoms with van der Waals surface area (Å²) in [5.74, 6) is -0.827. The minimum Gasteiger partial charge on any atom is -0.459 e. The molecule has 4 nitrogen and oxygen atoms in total. The Morgan fingerprint density at radius 2 is 1.65 bits per heavy atom. The van der Waals surface area contributed by atoms with E-state index in [-0.39, 0.29) is 40.1 Å². The second-order valence-electron chi connectivity index (χ2n) is 11.5. The lowest BCUT2D eigenvalue weighted by Crippen LogP contribution is -2.50. The third-order valence-electron chi connectivity index (χ3n) is 6.54. The molecule has 2 rings (SSSR count). The molecule has 0 aromatic carbocycles. The van der Waals surface area contributed by atoms with Crippen LogP contribution in [-0.2, 0) is 18.8 Å². The molecule has 0 radical (unpaired) electrons. The summed E-state index contributed by atoms with van der Waals surface area (Å²) in [5, 5.41) is 0.0885. The third-order valence-corrected chi connectivity index (χ3v) is 11.0. The molecule has 2 fully saturated rings. The van der Waals surface area contributed by atoms with Gasteiger partial charge in [-0.15, -0.1) is 0 Å². The molecule has 0 saturated heterocycles. The number of esters is 1.